The minimum atomic E-state index is -0.131. The molecular formula is C19H25N3O4. The Kier molecular flexibility index (Phi) is 5.08. The van der Waals surface area contributed by atoms with Gasteiger partial charge in [-0.05, 0) is 36.8 Å². The number of ether oxygens (including phenoxy) is 2. The summed E-state index contributed by atoms with van der Waals surface area (Å²) in [6.45, 7) is 3.62. The molecule has 7 heteroatoms. The van der Waals surface area contributed by atoms with Gasteiger partial charge in [0.05, 0.1) is 36.4 Å². The quantitative estimate of drug-likeness (QED) is 0.819. The smallest absolute Gasteiger partial charge is 0.257 e. The Morgan fingerprint density at radius 2 is 2.23 bits per heavy atom. The van der Waals surface area contributed by atoms with Gasteiger partial charge in [-0.15, -0.1) is 0 Å². The van der Waals surface area contributed by atoms with E-state index >= 15 is 0 Å². The lowest BCUT2D eigenvalue weighted by molar-refractivity contribution is 0.0455. The lowest BCUT2D eigenvalue weighted by Gasteiger charge is -2.36. The fraction of sp³-hybridized carbons (Fsp3) is 0.579. The molecular weight excluding hydrogens is 334 g/mol. The van der Waals surface area contributed by atoms with E-state index < -0.39 is 0 Å². The van der Waals surface area contributed by atoms with Crippen molar-refractivity contribution in [2.75, 3.05) is 33.5 Å². The second-order valence-corrected chi connectivity index (χ2v) is 7.02. The van der Waals surface area contributed by atoms with Crippen LogP contribution < -0.4 is 0 Å². The number of aromatic nitrogens is 2. The van der Waals surface area contributed by atoms with Gasteiger partial charge in [-0.2, -0.15) is 5.10 Å². The molecule has 0 aromatic carbocycles. The highest BCUT2D eigenvalue weighted by atomic mass is 16.5. The van der Waals surface area contributed by atoms with E-state index in [2.05, 4.69) is 9.78 Å². The number of hydrogen-bond acceptors (Lipinski definition) is 5. The molecule has 0 N–H and O–H groups in total. The molecule has 7 nitrogen and oxygen atoms in total. The molecule has 0 saturated carbocycles. The maximum Gasteiger partial charge on any atom is 0.257 e. The molecule has 0 radical (unpaired) electrons. The first-order valence-corrected chi connectivity index (χ1v) is 9.22. The lowest BCUT2D eigenvalue weighted by atomic mass is 9.97. The number of furan rings is 1. The highest BCUT2D eigenvalue weighted by Gasteiger charge is 2.35. The van der Waals surface area contributed by atoms with Crippen LogP contribution in [0.3, 0.4) is 0 Å². The highest BCUT2D eigenvalue weighted by molar-refractivity contribution is 5.94. The van der Waals surface area contributed by atoms with E-state index in [0.717, 1.165) is 44.7 Å². The number of nitrogens with zero attached hydrogens (tertiary/aromatic N) is 3. The molecule has 1 amide bonds. The van der Waals surface area contributed by atoms with E-state index in [1.54, 1.807) is 13.2 Å². The van der Waals surface area contributed by atoms with Crippen molar-refractivity contribution in [2.45, 2.75) is 31.8 Å². The number of carbonyl (C=O) groups excluding carboxylic acids is 1. The van der Waals surface area contributed by atoms with Crippen molar-refractivity contribution in [1.82, 2.24) is 14.7 Å². The molecule has 140 valence electrons. The van der Waals surface area contributed by atoms with Crippen molar-refractivity contribution < 1.29 is 18.7 Å². The number of rotatable bonds is 5. The number of fused-ring (bicyclic) bond motifs is 1. The van der Waals surface area contributed by atoms with E-state index in [1.807, 2.05) is 11.1 Å². The van der Waals surface area contributed by atoms with E-state index in [-0.39, 0.29) is 11.9 Å². The van der Waals surface area contributed by atoms with E-state index in [1.165, 1.54) is 18.1 Å². The Balaban J connectivity index is 1.61. The van der Waals surface area contributed by atoms with Gasteiger partial charge in [0.25, 0.3) is 5.91 Å². The summed E-state index contributed by atoms with van der Waals surface area (Å²) < 4.78 is 18.1. The molecule has 2 aromatic heterocycles. The standard InChI is InChI=1S/C19H25N3O4/c1-24-13-17-18-15(2-6-21(17)19(23)16-5-9-26-12-16)10-20-22(18)11-14-3-7-25-8-4-14/h5,9-10,12,14,17H,2-4,6-8,11,13H2,1H3/t17-/m1/s1. The minimum absolute atomic E-state index is 0.0229. The summed E-state index contributed by atoms with van der Waals surface area (Å²) in [7, 11) is 1.67. The van der Waals surface area contributed by atoms with Crippen molar-refractivity contribution >= 4 is 5.91 Å². The van der Waals surface area contributed by atoms with Crippen LogP contribution in [0.15, 0.2) is 29.2 Å². The van der Waals surface area contributed by atoms with Crippen LogP contribution in [0.5, 0.6) is 0 Å². The van der Waals surface area contributed by atoms with Gasteiger partial charge in [-0.3, -0.25) is 9.48 Å². The molecule has 0 aliphatic carbocycles. The van der Waals surface area contributed by atoms with E-state index in [9.17, 15) is 4.79 Å². The fourth-order valence-corrected chi connectivity index (χ4v) is 4.00. The van der Waals surface area contributed by atoms with Gasteiger partial charge in [0.2, 0.25) is 0 Å². The van der Waals surface area contributed by atoms with Gasteiger partial charge in [0.15, 0.2) is 0 Å². The van der Waals surface area contributed by atoms with Gasteiger partial charge < -0.3 is 18.8 Å². The van der Waals surface area contributed by atoms with Crippen LogP contribution in [0.25, 0.3) is 0 Å². The number of methoxy groups -OCH3 is 1. The van der Waals surface area contributed by atoms with Crippen molar-refractivity contribution in [1.29, 1.82) is 0 Å². The summed E-state index contributed by atoms with van der Waals surface area (Å²) in [5, 5.41) is 4.64. The third-order valence-electron chi connectivity index (χ3n) is 5.40. The van der Waals surface area contributed by atoms with Crippen LogP contribution in [0.2, 0.25) is 0 Å². The Bertz CT molecular complexity index is 734. The zero-order valence-corrected chi connectivity index (χ0v) is 15.1. The Morgan fingerprint density at radius 3 is 2.96 bits per heavy atom. The molecule has 0 spiro atoms. The van der Waals surface area contributed by atoms with Gasteiger partial charge in [-0.25, -0.2) is 0 Å². The molecule has 1 atom stereocenters. The molecule has 4 heterocycles. The molecule has 0 bridgehead atoms. The van der Waals surface area contributed by atoms with E-state index in [4.69, 9.17) is 13.9 Å². The van der Waals surface area contributed by atoms with Gasteiger partial charge >= 0.3 is 0 Å². The van der Waals surface area contributed by atoms with Gasteiger partial charge in [0.1, 0.15) is 6.26 Å². The number of carbonyl (C=O) groups is 1. The second kappa shape index (κ2) is 7.63. The Morgan fingerprint density at radius 1 is 1.38 bits per heavy atom. The molecule has 26 heavy (non-hydrogen) atoms. The van der Waals surface area contributed by atoms with E-state index in [0.29, 0.717) is 24.6 Å². The summed E-state index contributed by atoms with van der Waals surface area (Å²) >= 11 is 0. The summed E-state index contributed by atoms with van der Waals surface area (Å²) in [6, 6.07) is 1.58. The minimum Gasteiger partial charge on any atom is -0.472 e. The highest BCUT2D eigenvalue weighted by Crippen LogP contribution is 2.32. The van der Waals surface area contributed by atoms with Crippen molar-refractivity contribution in [2.24, 2.45) is 5.92 Å². The topological polar surface area (TPSA) is 69.7 Å². The predicted molar refractivity (Wildman–Crippen MR) is 93.8 cm³/mol. The predicted octanol–water partition coefficient (Wildman–Crippen LogP) is 2.29. The summed E-state index contributed by atoms with van der Waals surface area (Å²) in [5.74, 6) is 0.543. The first kappa shape index (κ1) is 17.3. The normalized spacial score (nSPS) is 21.0. The third kappa shape index (κ3) is 3.29. The van der Waals surface area contributed by atoms with Crippen LogP contribution in [0.1, 0.15) is 40.5 Å². The SMILES string of the molecule is COC[C@@H]1c2c(cnn2CC2CCOCC2)CCN1C(=O)c1ccoc1. The zero-order valence-electron chi connectivity index (χ0n) is 15.1. The average molecular weight is 359 g/mol. The molecule has 2 aliphatic heterocycles. The molecule has 2 aromatic rings. The number of amides is 1. The molecule has 1 saturated heterocycles. The first-order valence-electron chi connectivity index (χ1n) is 9.22. The molecule has 0 unspecified atom stereocenters. The summed E-state index contributed by atoms with van der Waals surface area (Å²) in [6.07, 6.45) is 7.91. The Hall–Kier alpha value is -2.12. The van der Waals surface area contributed by atoms with Crippen LogP contribution in [0, 0.1) is 5.92 Å². The monoisotopic (exact) mass is 359 g/mol. The lowest BCUT2D eigenvalue weighted by Crippen LogP contribution is -2.43. The largest absolute Gasteiger partial charge is 0.472 e. The van der Waals surface area contributed by atoms with Gasteiger partial charge in [-0.1, -0.05) is 0 Å². The van der Waals surface area contributed by atoms with Crippen LogP contribution >= 0.6 is 0 Å². The Labute approximate surface area is 152 Å². The third-order valence-corrected chi connectivity index (χ3v) is 5.40. The maximum atomic E-state index is 12.9. The number of hydrogen-bond donors (Lipinski definition) is 0. The summed E-state index contributed by atoms with van der Waals surface area (Å²) in [4.78, 5) is 14.8. The van der Waals surface area contributed by atoms with Crippen molar-refractivity contribution in [3.05, 3.63) is 41.6 Å². The maximum absolute atomic E-state index is 12.9. The van der Waals surface area contributed by atoms with Crippen molar-refractivity contribution in [3.63, 3.8) is 0 Å². The molecule has 4 rings (SSSR count). The fourth-order valence-electron chi connectivity index (χ4n) is 4.00. The van der Waals surface area contributed by atoms with Gasteiger partial charge in [0, 0.05) is 33.4 Å². The van der Waals surface area contributed by atoms with Crippen LogP contribution in [-0.2, 0) is 22.4 Å². The summed E-state index contributed by atoms with van der Waals surface area (Å²) in [5.41, 5.74) is 2.90. The van der Waals surface area contributed by atoms with Crippen LogP contribution in [0.4, 0.5) is 0 Å². The second-order valence-electron chi connectivity index (χ2n) is 7.02. The molecule has 1 fully saturated rings. The molecule has 2 aliphatic rings. The average Bonchev–Trinajstić information content (AvgIpc) is 3.33. The van der Waals surface area contributed by atoms with Crippen molar-refractivity contribution in [3.8, 4) is 0 Å². The first-order chi connectivity index (χ1) is 12.8. The van der Waals surface area contributed by atoms with Crippen LogP contribution in [-0.4, -0.2) is 54.1 Å². The zero-order chi connectivity index (χ0) is 17.9.